The summed E-state index contributed by atoms with van der Waals surface area (Å²) in [5.74, 6) is 2.56. The Kier molecular flexibility index (Phi) is 6.22. The highest BCUT2D eigenvalue weighted by molar-refractivity contribution is 7.98. The molecule has 0 aliphatic heterocycles. The fraction of sp³-hybridized carbons (Fsp3) is 0.538. The van der Waals surface area contributed by atoms with Crippen molar-refractivity contribution in [3.63, 3.8) is 0 Å². The highest BCUT2D eigenvalue weighted by atomic mass is 32.2. The highest BCUT2D eigenvalue weighted by Gasteiger charge is 2.07. The van der Waals surface area contributed by atoms with Gasteiger partial charge in [0.2, 0.25) is 0 Å². The normalized spacial score (nSPS) is 12.2. The molecule has 0 amide bonds. The Morgan fingerprint density at radius 1 is 1.35 bits per heavy atom. The largest absolute Gasteiger partial charge is 0.493 e. The summed E-state index contributed by atoms with van der Waals surface area (Å²) < 4.78 is 11.0. The molecule has 0 fully saturated rings. The van der Waals surface area contributed by atoms with E-state index in [9.17, 15) is 0 Å². The van der Waals surface area contributed by atoms with Crippen molar-refractivity contribution < 1.29 is 9.47 Å². The van der Waals surface area contributed by atoms with Crippen molar-refractivity contribution in [1.29, 1.82) is 0 Å². The van der Waals surface area contributed by atoms with E-state index in [0.29, 0.717) is 6.61 Å². The van der Waals surface area contributed by atoms with Crippen LogP contribution in [0, 0.1) is 0 Å². The van der Waals surface area contributed by atoms with Crippen LogP contribution < -0.4 is 15.2 Å². The van der Waals surface area contributed by atoms with Crippen molar-refractivity contribution in [3.05, 3.63) is 23.8 Å². The summed E-state index contributed by atoms with van der Waals surface area (Å²) in [5, 5.41) is 0. The topological polar surface area (TPSA) is 44.5 Å². The van der Waals surface area contributed by atoms with Crippen LogP contribution >= 0.6 is 11.8 Å². The molecule has 2 N–H and O–H groups in total. The Bertz CT molecular complexity index is 342. The van der Waals surface area contributed by atoms with Crippen LogP contribution in [0.1, 0.15) is 12.5 Å². The third kappa shape index (κ3) is 4.88. The molecule has 0 aromatic heterocycles. The van der Waals surface area contributed by atoms with E-state index in [1.807, 2.05) is 25.1 Å². The molecule has 0 heterocycles. The van der Waals surface area contributed by atoms with Gasteiger partial charge in [-0.05, 0) is 37.3 Å². The van der Waals surface area contributed by atoms with Gasteiger partial charge in [-0.25, -0.2) is 0 Å². The molecular formula is C13H21NO2S. The molecule has 0 radical (unpaired) electrons. The summed E-state index contributed by atoms with van der Waals surface area (Å²) in [6.45, 7) is 2.69. The SMILES string of the molecule is COc1ccc(CC(C)N)cc1OCCSC. The van der Waals surface area contributed by atoms with Crippen LogP contribution in [-0.2, 0) is 6.42 Å². The summed E-state index contributed by atoms with van der Waals surface area (Å²) >= 11 is 1.76. The van der Waals surface area contributed by atoms with Crippen molar-refractivity contribution in [1.82, 2.24) is 0 Å². The van der Waals surface area contributed by atoms with Gasteiger partial charge in [-0.3, -0.25) is 0 Å². The van der Waals surface area contributed by atoms with Crippen LogP contribution in [0.15, 0.2) is 18.2 Å². The molecule has 0 spiro atoms. The van der Waals surface area contributed by atoms with E-state index >= 15 is 0 Å². The first-order valence-corrected chi connectivity index (χ1v) is 7.11. The second-order valence-corrected chi connectivity index (χ2v) is 4.99. The van der Waals surface area contributed by atoms with Gasteiger partial charge in [0.1, 0.15) is 0 Å². The lowest BCUT2D eigenvalue weighted by Gasteiger charge is -2.13. The minimum Gasteiger partial charge on any atom is -0.493 e. The van der Waals surface area contributed by atoms with Gasteiger partial charge in [0.15, 0.2) is 11.5 Å². The number of methoxy groups -OCH3 is 1. The van der Waals surface area contributed by atoms with Gasteiger partial charge in [0, 0.05) is 11.8 Å². The number of ether oxygens (including phenoxy) is 2. The lowest BCUT2D eigenvalue weighted by molar-refractivity contribution is 0.313. The predicted molar refractivity (Wildman–Crippen MR) is 74.2 cm³/mol. The van der Waals surface area contributed by atoms with Crippen molar-refractivity contribution in [3.8, 4) is 11.5 Å². The third-order valence-electron chi connectivity index (χ3n) is 2.33. The van der Waals surface area contributed by atoms with E-state index in [2.05, 4.69) is 6.26 Å². The minimum absolute atomic E-state index is 0.155. The first kappa shape index (κ1) is 14.2. The molecule has 0 aliphatic rings. The Hall–Kier alpha value is -0.870. The van der Waals surface area contributed by atoms with Gasteiger partial charge < -0.3 is 15.2 Å². The second kappa shape index (κ2) is 7.45. The molecular weight excluding hydrogens is 234 g/mol. The van der Waals surface area contributed by atoms with Gasteiger partial charge >= 0.3 is 0 Å². The average molecular weight is 255 g/mol. The maximum absolute atomic E-state index is 5.79. The third-order valence-corrected chi connectivity index (χ3v) is 2.91. The number of hydrogen-bond donors (Lipinski definition) is 1. The molecule has 1 rings (SSSR count). The summed E-state index contributed by atoms with van der Waals surface area (Å²) in [6.07, 6.45) is 2.91. The maximum Gasteiger partial charge on any atom is 0.161 e. The number of thioether (sulfide) groups is 1. The molecule has 0 bridgehead atoms. The Morgan fingerprint density at radius 3 is 2.71 bits per heavy atom. The maximum atomic E-state index is 5.79. The quantitative estimate of drug-likeness (QED) is 0.760. The van der Waals surface area contributed by atoms with Gasteiger partial charge in [-0.1, -0.05) is 6.07 Å². The van der Waals surface area contributed by atoms with E-state index in [1.54, 1.807) is 18.9 Å². The van der Waals surface area contributed by atoms with E-state index < -0.39 is 0 Å². The Morgan fingerprint density at radius 2 is 2.12 bits per heavy atom. The van der Waals surface area contributed by atoms with Gasteiger partial charge in [0.05, 0.1) is 13.7 Å². The van der Waals surface area contributed by atoms with Gasteiger partial charge in [0.25, 0.3) is 0 Å². The van der Waals surface area contributed by atoms with E-state index in [1.165, 1.54) is 5.56 Å². The molecule has 0 saturated heterocycles. The molecule has 1 aromatic rings. The molecule has 17 heavy (non-hydrogen) atoms. The smallest absolute Gasteiger partial charge is 0.161 e. The van der Waals surface area contributed by atoms with Crippen LogP contribution in [0.4, 0.5) is 0 Å². The van der Waals surface area contributed by atoms with Crippen molar-refractivity contribution in [2.75, 3.05) is 25.7 Å². The molecule has 4 heteroatoms. The Labute approximate surface area is 108 Å². The molecule has 96 valence electrons. The molecule has 1 atom stereocenters. The van der Waals surface area contributed by atoms with E-state index in [-0.39, 0.29) is 6.04 Å². The van der Waals surface area contributed by atoms with Crippen molar-refractivity contribution in [2.24, 2.45) is 5.73 Å². The first-order valence-electron chi connectivity index (χ1n) is 5.71. The fourth-order valence-corrected chi connectivity index (χ4v) is 1.82. The lowest BCUT2D eigenvalue weighted by atomic mass is 10.1. The molecule has 0 aliphatic carbocycles. The number of rotatable bonds is 7. The monoisotopic (exact) mass is 255 g/mol. The van der Waals surface area contributed by atoms with Crippen LogP contribution in [0.5, 0.6) is 11.5 Å². The summed E-state index contributed by atoms with van der Waals surface area (Å²) in [7, 11) is 1.65. The van der Waals surface area contributed by atoms with Crippen LogP contribution in [0.2, 0.25) is 0 Å². The van der Waals surface area contributed by atoms with Gasteiger partial charge in [-0.2, -0.15) is 11.8 Å². The second-order valence-electron chi connectivity index (χ2n) is 4.01. The zero-order valence-electron chi connectivity index (χ0n) is 10.7. The number of benzene rings is 1. The van der Waals surface area contributed by atoms with E-state index in [0.717, 1.165) is 23.7 Å². The summed E-state index contributed by atoms with van der Waals surface area (Å²) in [4.78, 5) is 0. The van der Waals surface area contributed by atoms with Crippen molar-refractivity contribution in [2.45, 2.75) is 19.4 Å². The van der Waals surface area contributed by atoms with Gasteiger partial charge in [-0.15, -0.1) is 0 Å². The minimum atomic E-state index is 0.155. The fourth-order valence-electron chi connectivity index (χ4n) is 1.57. The van der Waals surface area contributed by atoms with Crippen LogP contribution in [0.3, 0.4) is 0 Å². The summed E-state index contributed by atoms with van der Waals surface area (Å²) in [5.41, 5.74) is 6.97. The lowest BCUT2D eigenvalue weighted by Crippen LogP contribution is -2.17. The zero-order chi connectivity index (χ0) is 12.7. The number of nitrogens with two attached hydrogens (primary N) is 1. The molecule has 3 nitrogen and oxygen atoms in total. The Balaban J connectivity index is 2.75. The number of hydrogen-bond acceptors (Lipinski definition) is 4. The molecule has 1 unspecified atom stereocenters. The predicted octanol–water partition coefficient (Wildman–Crippen LogP) is 2.33. The standard InChI is InChI=1S/C13H21NO2S/c1-10(14)8-11-4-5-12(15-2)13(9-11)16-6-7-17-3/h4-5,9-10H,6-8,14H2,1-3H3. The van der Waals surface area contributed by atoms with E-state index in [4.69, 9.17) is 15.2 Å². The van der Waals surface area contributed by atoms with Crippen LogP contribution in [0.25, 0.3) is 0 Å². The summed E-state index contributed by atoms with van der Waals surface area (Å²) in [6, 6.07) is 6.14. The van der Waals surface area contributed by atoms with Crippen molar-refractivity contribution >= 4 is 11.8 Å². The average Bonchev–Trinajstić information content (AvgIpc) is 2.29. The highest BCUT2D eigenvalue weighted by Crippen LogP contribution is 2.28. The molecule has 1 aromatic carbocycles. The van der Waals surface area contributed by atoms with Crippen LogP contribution in [-0.4, -0.2) is 31.8 Å². The zero-order valence-corrected chi connectivity index (χ0v) is 11.5. The first-order chi connectivity index (χ1) is 8.17. The molecule has 0 saturated carbocycles.